The summed E-state index contributed by atoms with van der Waals surface area (Å²) >= 11 is 0. The van der Waals surface area contributed by atoms with E-state index in [0.717, 1.165) is 36.6 Å². The molecule has 88 valence electrons. The number of aryl methyl sites for hydroxylation is 1. The standard InChI is InChI=1S/C14H20FN/c1-10-5-6-16-9-13(10)7-12-4-3-11(2)14(15)8-12/h3-4,8,10,13,16H,5-7,9H2,1-2H3. The Labute approximate surface area is 97.1 Å². The molecule has 1 aromatic rings. The van der Waals surface area contributed by atoms with Crippen molar-refractivity contribution in [1.82, 2.24) is 5.32 Å². The Morgan fingerprint density at radius 2 is 2.25 bits per heavy atom. The number of hydrogen-bond donors (Lipinski definition) is 1. The number of piperidine rings is 1. The van der Waals surface area contributed by atoms with Gasteiger partial charge in [-0.15, -0.1) is 0 Å². The second kappa shape index (κ2) is 4.96. The van der Waals surface area contributed by atoms with E-state index in [4.69, 9.17) is 0 Å². The summed E-state index contributed by atoms with van der Waals surface area (Å²) < 4.78 is 13.4. The lowest BCUT2D eigenvalue weighted by atomic mass is 9.83. The van der Waals surface area contributed by atoms with Crippen LogP contribution in [0.3, 0.4) is 0 Å². The molecule has 2 atom stereocenters. The second-order valence-electron chi connectivity index (χ2n) is 5.02. The first-order chi connectivity index (χ1) is 7.66. The van der Waals surface area contributed by atoms with Crippen molar-refractivity contribution in [1.29, 1.82) is 0 Å². The van der Waals surface area contributed by atoms with E-state index in [-0.39, 0.29) is 5.82 Å². The van der Waals surface area contributed by atoms with Crippen molar-refractivity contribution < 1.29 is 4.39 Å². The molecular formula is C14H20FN. The summed E-state index contributed by atoms with van der Waals surface area (Å²) in [5, 5.41) is 3.42. The van der Waals surface area contributed by atoms with Crippen LogP contribution in [0.15, 0.2) is 18.2 Å². The van der Waals surface area contributed by atoms with Gasteiger partial charge in [-0.25, -0.2) is 4.39 Å². The molecule has 0 radical (unpaired) electrons. The Morgan fingerprint density at radius 3 is 2.94 bits per heavy atom. The third-order valence-corrected chi connectivity index (χ3v) is 3.72. The van der Waals surface area contributed by atoms with Gasteiger partial charge in [-0.1, -0.05) is 19.1 Å². The molecule has 2 unspecified atom stereocenters. The van der Waals surface area contributed by atoms with Gasteiger partial charge in [0.05, 0.1) is 0 Å². The molecule has 0 aromatic heterocycles. The van der Waals surface area contributed by atoms with E-state index in [1.165, 1.54) is 6.42 Å². The van der Waals surface area contributed by atoms with Crippen LogP contribution >= 0.6 is 0 Å². The molecule has 1 aliphatic rings. The van der Waals surface area contributed by atoms with Gasteiger partial charge in [-0.3, -0.25) is 0 Å². The molecule has 1 heterocycles. The number of benzene rings is 1. The predicted octanol–water partition coefficient (Wildman–Crippen LogP) is 2.92. The van der Waals surface area contributed by atoms with E-state index in [9.17, 15) is 4.39 Å². The first-order valence-corrected chi connectivity index (χ1v) is 6.12. The zero-order valence-electron chi connectivity index (χ0n) is 10.1. The Balaban J connectivity index is 2.05. The Bertz CT molecular complexity index is 362. The van der Waals surface area contributed by atoms with Gasteiger partial charge in [0.1, 0.15) is 5.82 Å². The molecule has 1 N–H and O–H groups in total. The van der Waals surface area contributed by atoms with Crippen molar-refractivity contribution in [2.24, 2.45) is 11.8 Å². The topological polar surface area (TPSA) is 12.0 Å². The van der Waals surface area contributed by atoms with Crippen LogP contribution in [-0.2, 0) is 6.42 Å². The maximum absolute atomic E-state index is 13.4. The molecule has 0 spiro atoms. The van der Waals surface area contributed by atoms with Gasteiger partial charge in [0.15, 0.2) is 0 Å². The van der Waals surface area contributed by atoms with E-state index in [1.807, 2.05) is 13.0 Å². The largest absolute Gasteiger partial charge is 0.316 e. The summed E-state index contributed by atoms with van der Waals surface area (Å²) in [5.74, 6) is 1.32. The van der Waals surface area contributed by atoms with Crippen LogP contribution in [0.25, 0.3) is 0 Å². The summed E-state index contributed by atoms with van der Waals surface area (Å²) in [6.45, 7) is 6.30. The molecule has 2 rings (SSSR count). The zero-order valence-corrected chi connectivity index (χ0v) is 10.1. The van der Waals surface area contributed by atoms with Crippen molar-refractivity contribution in [3.63, 3.8) is 0 Å². The van der Waals surface area contributed by atoms with Crippen molar-refractivity contribution in [2.45, 2.75) is 26.7 Å². The number of rotatable bonds is 2. The molecule has 0 aliphatic carbocycles. The Hall–Kier alpha value is -0.890. The summed E-state index contributed by atoms with van der Waals surface area (Å²) in [6, 6.07) is 5.63. The first-order valence-electron chi connectivity index (χ1n) is 6.12. The molecule has 1 fully saturated rings. The molecule has 1 nitrogen and oxygen atoms in total. The van der Waals surface area contributed by atoms with Crippen LogP contribution in [0.2, 0.25) is 0 Å². The van der Waals surface area contributed by atoms with Gasteiger partial charge >= 0.3 is 0 Å². The molecule has 16 heavy (non-hydrogen) atoms. The Kier molecular flexibility index (Phi) is 3.59. The Morgan fingerprint density at radius 1 is 1.44 bits per heavy atom. The average molecular weight is 221 g/mol. The smallest absolute Gasteiger partial charge is 0.126 e. The normalized spacial score (nSPS) is 25.7. The summed E-state index contributed by atoms with van der Waals surface area (Å²) in [7, 11) is 0. The molecule has 1 aromatic carbocycles. The fourth-order valence-corrected chi connectivity index (χ4v) is 2.39. The van der Waals surface area contributed by atoms with E-state index in [1.54, 1.807) is 6.07 Å². The van der Waals surface area contributed by atoms with Crippen molar-refractivity contribution >= 4 is 0 Å². The van der Waals surface area contributed by atoms with Crippen molar-refractivity contribution in [3.05, 3.63) is 35.1 Å². The highest BCUT2D eigenvalue weighted by atomic mass is 19.1. The SMILES string of the molecule is Cc1ccc(CC2CNCCC2C)cc1F. The maximum Gasteiger partial charge on any atom is 0.126 e. The third-order valence-electron chi connectivity index (χ3n) is 3.72. The quantitative estimate of drug-likeness (QED) is 0.809. The van der Waals surface area contributed by atoms with Gasteiger partial charge in [0.2, 0.25) is 0 Å². The average Bonchev–Trinajstić information content (AvgIpc) is 2.27. The lowest BCUT2D eigenvalue weighted by Crippen LogP contribution is -2.36. The third kappa shape index (κ3) is 2.62. The minimum atomic E-state index is -0.0751. The minimum Gasteiger partial charge on any atom is -0.316 e. The molecule has 2 heteroatoms. The van der Waals surface area contributed by atoms with Gasteiger partial charge < -0.3 is 5.32 Å². The lowest BCUT2D eigenvalue weighted by Gasteiger charge is -2.29. The van der Waals surface area contributed by atoms with Gasteiger partial charge in [0.25, 0.3) is 0 Å². The molecule has 0 saturated carbocycles. The summed E-state index contributed by atoms with van der Waals surface area (Å²) in [6.07, 6.45) is 2.23. The monoisotopic (exact) mass is 221 g/mol. The maximum atomic E-state index is 13.4. The van der Waals surface area contributed by atoms with Crippen LogP contribution in [0.5, 0.6) is 0 Å². The van der Waals surface area contributed by atoms with Crippen LogP contribution in [-0.4, -0.2) is 13.1 Å². The van der Waals surface area contributed by atoms with Gasteiger partial charge in [-0.05, 0) is 61.9 Å². The predicted molar refractivity (Wildman–Crippen MR) is 65.0 cm³/mol. The van der Waals surface area contributed by atoms with E-state index in [2.05, 4.69) is 18.3 Å². The number of nitrogens with one attached hydrogen (secondary N) is 1. The molecule has 1 aliphatic heterocycles. The highest BCUT2D eigenvalue weighted by Crippen LogP contribution is 2.23. The zero-order chi connectivity index (χ0) is 11.5. The van der Waals surface area contributed by atoms with E-state index >= 15 is 0 Å². The van der Waals surface area contributed by atoms with Crippen molar-refractivity contribution in [2.75, 3.05) is 13.1 Å². The van der Waals surface area contributed by atoms with Crippen LogP contribution in [0, 0.1) is 24.6 Å². The summed E-state index contributed by atoms with van der Waals surface area (Å²) in [4.78, 5) is 0. The highest BCUT2D eigenvalue weighted by molar-refractivity contribution is 5.23. The molecule has 0 amide bonds. The van der Waals surface area contributed by atoms with Crippen LogP contribution in [0.4, 0.5) is 4.39 Å². The minimum absolute atomic E-state index is 0.0751. The van der Waals surface area contributed by atoms with Crippen molar-refractivity contribution in [3.8, 4) is 0 Å². The number of hydrogen-bond acceptors (Lipinski definition) is 1. The van der Waals surface area contributed by atoms with Crippen LogP contribution < -0.4 is 5.32 Å². The highest BCUT2D eigenvalue weighted by Gasteiger charge is 2.21. The van der Waals surface area contributed by atoms with Gasteiger partial charge in [0, 0.05) is 0 Å². The molecular weight excluding hydrogens is 201 g/mol. The fourth-order valence-electron chi connectivity index (χ4n) is 2.39. The lowest BCUT2D eigenvalue weighted by molar-refractivity contribution is 0.272. The summed E-state index contributed by atoms with van der Waals surface area (Å²) in [5.41, 5.74) is 1.86. The first kappa shape index (κ1) is 11.6. The van der Waals surface area contributed by atoms with E-state index in [0.29, 0.717) is 5.92 Å². The fraction of sp³-hybridized carbons (Fsp3) is 0.571. The molecule has 0 bridgehead atoms. The van der Waals surface area contributed by atoms with E-state index < -0.39 is 0 Å². The van der Waals surface area contributed by atoms with Gasteiger partial charge in [-0.2, -0.15) is 0 Å². The molecule has 1 saturated heterocycles. The van der Waals surface area contributed by atoms with Crippen LogP contribution in [0.1, 0.15) is 24.5 Å². The number of halogens is 1. The second-order valence-corrected chi connectivity index (χ2v) is 5.02.